The molecule has 6 rings (SSSR count). The lowest BCUT2D eigenvalue weighted by atomic mass is 9.93. The van der Waals surface area contributed by atoms with E-state index in [9.17, 15) is 14.4 Å². The van der Waals surface area contributed by atoms with Crippen LogP contribution >= 0.6 is 23.4 Å². The number of piperidine rings is 1. The maximum atomic E-state index is 13.0. The minimum Gasteiger partial charge on any atom is -0.464 e. The first-order valence-electron chi connectivity index (χ1n) is 32.2. The van der Waals surface area contributed by atoms with E-state index in [-0.39, 0.29) is 49.1 Å². The molecule has 5 atom stereocenters. The molecular formula is C63H104ClN7O16S. The van der Waals surface area contributed by atoms with Gasteiger partial charge in [0.15, 0.2) is 0 Å². The van der Waals surface area contributed by atoms with E-state index in [1.54, 1.807) is 0 Å². The molecule has 500 valence electrons. The zero-order valence-electron chi connectivity index (χ0n) is 52.6. The molecule has 25 heteroatoms. The summed E-state index contributed by atoms with van der Waals surface area (Å²) in [5.74, 6) is 2.26. The van der Waals surface area contributed by atoms with Gasteiger partial charge < -0.3 is 82.4 Å². The van der Waals surface area contributed by atoms with E-state index >= 15 is 0 Å². The largest absolute Gasteiger partial charge is 0.464 e. The van der Waals surface area contributed by atoms with E-state index in [1.165, 1.54) is 5.56 Å². The zero-order chi connectivity index (χ0) is 61.9. The third-order valence-corrected chi connectivity index (χ3v) is 17.1. The Morgan fingerprint density at radius 3 is 1.67 bits per heavy atom. The summed E-state index contributed by atoms with van der Waals surface area (Å²) in [5.41, 5.74) is 1.28. The number of nitrogens with zero attached hydrogens (tertiary/aromatic N) is 4. The standard InChI is InChI=1S/C63H104ClN7O16S/c1-51(2)46-70-47-55(45-52-10-12-53(64)13-11-52)71(54-14-19-69(20-15-54)59-8-5-6-17-65-59)48-56(70)49-87-61(73)16-21-75-23-25-77-27-29-79-31-33-81-35-37-83-39-41-85-43-44-86-42-40-84-38-36-82-34-32-80-30-28-78-26-24-76-22-18-66-60(72)9-4-3-7-58-62-57(50-88-58)67-63(74)68-62/h5-6,8,10-13,17,51,54-58,62H,3-4,7,9,14-16,18-50H2,1-2H3,(H,66,72)(H2,67,68,74)/t55-,56+,57-,58-,62-/m0/s1. The normalized spacial score (nSPS) is 20.0. The predicted molar refractivity (Wildman–Crippen MR) is 338 cm³/mol. The molecule has 1 aromatic carbocycles. The van der Waals surface area contributed by atoms with Crippen molar-refractivity contribution >= 4 is 47.1 Å². The van der Waals surface area contributed by atoms with Crippen LogP contribution < -0.4 is 20.9 Å². The van der Waals surface area contributed by atoms with Crippen LogP contribution in [0.1, 0.15) is 64.4 Å². The molecule has 23 nitrogen and oxygen atoms in total. The number of urea groups is 1. The predicted octanol–water partition coefficient (Wildman–Crippen LogP) is 4.93. The third-order valence-electron chi connectivity index (χ3n) is 15.4. The van der Waals surface area contributed by atoms with Crippen LogP contribution in [0.25, 0.3) is 0 Å². The number of rotatable bonds is 52. The molecule has 0 saturated carbocycles. The maximum absolute atomic E-state index is 13.0. The summed E-state index contributed by atoms with van der Waals surface area (Å²) in [4.78, 5) is 48.9. The molecule has 0 spiro atoms. The highest BCUT2D eigenvalue weighted by molar-refractivity contribution is 8.00. The Balaban J connectivity index is 0.621. The van der Waals surface area contributed by atoms with Crippen LogP contribution in [0.3, 0.4) is 0 Å². The van der Waals surface area contributed by atoms with Crippen molar-refractivity contribution in [1.82, 2.24) is 30.7 Å². The van der Waals surface area contributed by atoms with Gasteiger partial charge in [0.25, 0.3) is 0 Å². The quantitative estimate of drug-likeness (QED) is 0.0453. The number of piperazine rings is 1. The molecular weight excluding hydrogens is 1180 g/mol. The number of benzene rings is 1. The van der Waals surface area contributed by atoms with Gasteiger partial charge in [-0.25, -0.2) is 9.78 Å². The van der Waals surface area contributed by atoms with Gasteiger partial charge in [-0.1, -0.05) is 50.1 Å². The van der Waals surface area contributed by atoms with Crippen molar-refractivity contribution < 1.29 is 76.0 Å². The van der Waals surface area contributed by atoms with Crippen molar-refractivity contribution in [3.63, 3.8) is 0 Å². The Morgan fingerprint density at radius 1 is 0.636 bits per heavy atom. The van der Waals surface area contributed by atoms with Crippen LogP contribution in [-0.2, 0) is 77.6 Å². The van der Waals surface area contributed by atoms with E-state index in [4.69, 9.17) is 73.2 Å². The Kier molecular flexibility index (Phi) is 38.9. The first-order valence-corrected chi connectivity index (χ1v) is 33.6. The molecule has 2 aromatic rings. The number of aromatic nitrogens is 1. The average Bonchev–Trinajstić information content (AvgIpc) is 4.34. The molecule has 3 N–H and O–H groups in total. The monoisotopic (exact) mass is 1280 g/mol. The average molecular weight is 1280 g/mol. The summed E-state index contributed by atoms with van der Waals surface area (Å²) >= 11 is 8.17. The number of carbonyl (C=O) groups is 3. The Morgan fingerprint density at radius 2 is 1.16 bits per heavy atom. The fourth-order valence-electron chi connectivity index (χ4n) is 10.9. The van der Waals surface area contributed by atoms with Crippen molar-refractivity contribution in [2.24, 2.45) is 5.92 Å². The number of halogens is 1. The van der Waals surface area contributed by atoms with Crippen LogP contribution in [0.5, 0.6) is 0 Å². The maximum Gasteiger partial charge on any atom is 0.315 e. The molecule has 0 unspecified atom stereocenters. The van der Waals surface area contributed by atoms with Gasteiger partial charge in [-0.2, -0.15) is 11.8 Å². The highest BCUT2D eigenvalue weighted by atomic mass is 35.5. The fraction of sp³-hybridized carbons (Fsp3) is 0.778. The van der Waals surface area contributed by atoms with Crippen molar-refractivity contribution in [1.29, 1.82) is 0 Å². The number of hydrogen-bond acceptors (Lipinski definition) is 21. The summed E-state index contributed by atoms with van der Waals surface area (Å²) in [6.07, 6.45) is 8.41. The number of carbonyl (C=O) groups excluding carboxylic acids is 3. The van der Waals surface area contributed by atoms with Crippen molar-refractivity contribution in [3.05, 3.63) is 59.2 Å². The number of fused-ring (bicyclic) bond motifs is 1. The lowest BCUT2D eigenvalue weighted by Gasteiger charge is -2.51. The van der Waals surface area contributed by atoms with E-state index in [1.807, 2.05) is 36.2 Å². The van der Waals surface area contributed by atoms with Gasteiger partial charge in [0, 0.05) is 80.0 Å². The summed E-state index contributed by atoms with van der Waals surface area (Å²) < 4.78 is 72.8. The van der Waals surface area contributed by atoms with Crippen LogP contribution in [-0.4, -0.2) is 278 Å². The SMILES string of the molecule is CC(C)CN1C[C@H](Cc2ccc(Cl)cc2)N(C2CCN(c3ccccn3)CC2)C[C@@H]1COC(=O)CCOCCOCCOCCOCCOCCOCCOCCOCCOCCOCCOCCOCCNC(=O)CCCC[C@@H]1SC[C@@H]2NC(=O)N[C@@H]21. The number of nitrogens with one attached hydrogen (secondary N) is 3. The van der Waals surface area contributed by atoms with E-state index < -0.39 is 0 Å². The zero-order valence-corrected chi connectivity index (χ0v) is 54.1. The molecule has 0 aliphatic carbocycles. The molecule has 5 heterocycles. The molecule has 4 aliphatic rings. The second kappa shape index (κ2) is 46.5. The van der Waals surface area contributed by atoms with Crippen LogP contribution in [0, 0.1) is 5.92 Å². The number of ether oxygens (including phenoxy) is 13. The van der Waals surface area contributed by atoms with Gasteiger partial charge in [0.1, 0.15) is 12.4 Å². The van der Waals surface area contributed by atoms with Crippen molar-refractivity contribution in [2.45, 2.75) is 101 Å². The molecule has 0 radical (unpaired) electrons. The number of thioether (sulfide) groups is 1. The lowest BCUT2D eigenvalue weighted by Crippen LogP contribution is -2.64. The first-order chi connectivity index (χ1) is 43.2. The van der Waals surface area contributed by atoms with Crippen LogP contribution in [0.4, 0.5) is 10.6 Å². The van der Waals surface area contributed by atoms with E-state index in [2.05, 4.69) is 73.7 Å². The highest BCUT2D eigenvalue weighted by Gasteiger charge is 2.43. The molecule has 4 aliphatic heterocycles. The van der Waals surface area contributed by atoms with Gasteiger partial charge in [-0.05, 0) is 67.9 Å². The van der Waals surface area contributed by atoms with Crippen molar-refractivity contribution in [2.75, 3.05) is 215 Å². The number of esters is 1. The van der Waals surface area contributed by atoms with Crippen molar-refractivity contribution in [3.8, 4) is 0 Å². The number of hydrogen-bond donors (Lipinski definition) is 3. The number of amides is 3. The molecule has 88 heavy (non-hydrogen) atoms. The fourth-order valence-corrected chi connectivity index (χ4v) is 12.6. The van der Waals surface area contributed by atoms with Gasteiger partial charge in [0.2, 0.25) is 5.91 Å². The lowest BCUT2D eigenvalue weighted by molar-refractivity contribution is -0.148. The topological polar surface area (TPSA) is 230 Å². The summed E-state index contributed by atoms with van der Waals surface area (Å²) in [7, 11) is 0. The Labute approximate surface area is 532 Å². The van der Waals surface area contributed by atoms with Crippen LogP contribution in [0.2, 0.25) is 5.02 Å². The number of unbranched alkanes of at least 4 members (excludes halogenated alkanes) is 1. The summed E-state index contributed by atoms with van der Waals surface area (Å²) in [6, 6.07) is 15.6. The van der Waals surface area contributed by atoms with Gasteiger partial charge in [0.05, 0.1) is 183 Å². The van der Waals surface area contributed by atoms with Gasteiger partial charge >= 0.3 is 12.0 Å². The number of pyridine rings is 1. The third kappa shape index (κ3) is 31.7. The second-order valence-electron chi connectivity index (χ2n) is 22.6. The van der Waals surface area contributed by atoms with E-state index in [0.29, 0.717) is 195 Å². The molecule has 3 amide bonds. The Bertz CT molecular complexity index is 2120. The first kappa shape index (κ1) is 73.5. The molecule has 4 fully saturated rings. The smallest absolute Gasteiger partial charge is 0.315 e. The minimum absolute atomic E-state index is 0.0380. The number of anilines is 1. The second-order valence-corrected chi connectivity index (χ2v) is 24.3. The van der Waals surface area contributed by atoms with Gasteiger partial charge in [-0.15, -0.1) is 0 Å². The molecule has 4 saturated heterocycles. The van der Waals surface area contributed by atoms with Crippen LogP contribution in [0.15, 0.2) is 48.7 Å². The summed E-state index contributed by atoms with van der Waals surface area (Å²) in [5, 5.41) is 10.0. The molecule has 0 bridgehead atoms. The highest BCUT2D eigenvalue weighted by Crippen LogP contribution is 2.33. The van der Waals surface area contributed by atoms with E-state index in [0.717, 1.165) is 87.8 Å². The minimum atomic E-state index is -0.246. The van der Waals surface area contributed by atoms with Gasteiger partial charge in [-0.3, -0.25) is 19.4 Å². The summed E-state index contributed by atoms with van der Waals surface area (Å²) in [6.45, 7) is 20.8. The Hall–Kier alpha value is -3.54. The molecule has 1 aromatic heterocycles.